The van der Waals surface area contributed by atoms with Gasteiger partial charge in [0.1, 0.15) is 10.0 Å². The Morgan fingerprint density at radius 1 is 1.10 bits per heavy atom. The van der Waals surface area contributed by atoms with Gasteiger partial charge in [0.2, 0.25) is 0 Å². The Morgan fingerprint density at radius 2 is 1.87 bits per heavy atom. The lowest BCUT2D eigenvalue weighted by Crippen LogP contribution is -2.40. The number of aromatic nitrogens is 1. The van der Waals surface area contributed by atoms with Gasteiger partial charge < -0.3 is 20.3 Å². The summed E-state index contributed by atoms with van der Waals surface area (Å²) in [6.07, 6.45) is 4.01. The van der Waals surface area contributed by atoms with E-state index in [0.29, 0.717) is 32.0 Å². The standard InChI is InChI=1S/C19H25N5O4S2/c25-19(22-15-3-5-17(20-13-15)23-7-1-2-8-23)21-14-16-4-6-18(29-16)30(26,27)24-9-11-28-12-10-24/h3-6,13H,1-2,7-12,14H2,(H2,21,22,25). The van der Waals surface area contributed by atoms with Crippen molar-refractivity contribution >= 4 is 38.9 Å². The molecule has 2 fully saturated rings. The lowest BCUT2D eigenvalue weighted by molar-refractivity contribution is 0.0731. The number of nitrogens with one attached hydrogen (secondary N) is 2. The number of morpholine rings is 1. The zero-order valence-electron chi connectivity index (χ0n) is 16.5. The lowest BCUT2D eigenvalue weighted by Gasteiger charge is -2.25. The first-order valence-electron chi connectivity index (χ1n) is 9.95. The number of rotatable bonds is 6. The number of sulfonamides is 1. The SMILES string of the molecule is O=C(NCc1ccc(S(=O)(=O)N2CCOCC2)s1)Nc1ccc(N2CCCC2)nc1. The molecule has 0 unspecified atom stereocenters. The molecule has 4 heterocycles. The molecule has 2 aromatic rings. The van der Waals surface area contributed by atoms with Gasteiger partial charge in [-0.15, -0.1) is 11.3 Å². The third-order valence-corrected chi connectivity index (χ3v) is 8.51. The molecular formula is C19H25N5O4S2. The molecule has 2 aliphatic rings. The minimum atomic E-state index is -3.51. The molecule has 2 amide bonds. The summed E-state index contributed by atoms with van der Waals surface area (Å²) >= 11 is 1.17. The highest BCUT2D eigenvalue weighted by molar-refractivity contribution is 7.91. The van der Waals surface area contributed by atoms with Crippen molar-refractivity contribution in [3.63, 3.8) is 0 Å². The number of urea groups is 1. The van der Waals surface area contributed by atoms with Crippen molar-refractivity contribution in [1.82, 2.24) is 14.6 Å². The van der Waals surface area contributed by atoms with E-state index in [0.717, 1.165) is 23.8 Å². The van der Waals surface area contributed by atoms with Crippen LogP contribution in [0.5, 0.6) is 0 Å². The third-order valence-electron chi connectivity index (χ3n) is 5.06. The Hall–Kier alpha value is -2.21. The summed E-state index contributed by atoms with van der Waals surface area (Å²) in [5.41, 5.74) is 0.609. The van der Waals surface area contributed by atoms with E-state index in [-0.39, 0.29) is 16.8 Å². The molecular weight excluding hydrogens is 426 g/mol. The van der Waals surface area contributed by atoms with Crippen molar-refractivity contribution in [3.8, 4) is 0 Å². The smallest absolute Gasteiger partial charge is 0.319 e. The maximum atomic E-state index is 12.7. The van der Waals surface area contributed by atoms with Crippen LogP contribution >= 0.6 is 11.3 Å². The van der Waals surface area contributed by atoms with Crippen LogP contribution in [0.2, 0.25) is 0 Å². The van der Waals surface area contributed by atoms with Crippen LogP contribution in [0.15, 0.2) is 34.7 Å². The number of hydrogen-bond acceptors (Lipinski definition) is 7. The molecule has 9 nitrogen and oxygen atoms in total. The average molecular weight is 452 g/mol. The lowest BCUT2D eigenvalue weighted by atomic mass is 10.4. The molecule has 4 rings (SSSR count). The van der Waals surface area contributed by atoms with Crippen LogP contribution in [0.3, 0.4) is 0 Å². The largest absolute Gasteiger partial charge is 0.379 e. The van der Waals surface area contributed by atoms with Crippen LogP contribution in [0, 0.1) is 0 Å². The molecule has 0 atom stereocenters. The number of nitrogens with zero attached hydrogens (tertiary/aromatic N) is 3. The average Bonchev–Trinajstić information content (AvgIpc) is 3.46. The maximum absolute atomic E-state index is 12.7. The summed E-state index contributed by atoms with van der Waals surface area (Å²) in [6.45, 7) is 3.82. The van der Waals surface area contributed by atoms with Crippen LogP contribution in [-0.2, 0) is 21.3 Å². The molecule has 0 aromatic carbocycles. The Kier molecular flexibility index (Phi) is 6.52. The molecule has 30 heavy (non-hydrogen) atoms. The van der Waals surface area contributed by atoms with E-state index < -0.39 is 10.0 Å². The van der Waals surface area contributed by atoms with E-state index in [4.69, 9.17) is 4.74 Å². The fraction of sp³-hybridized carbons (Fsp3) is 0.474. The highest BCUT2D eigenvalue weighted by Gasteiger charge is 2.27. The van der Waals surface area contributed by atoms with Gasteiger partial charge in [-0.3, -0.25) is 0 Å². The Labute approximate surface area is 180 Å². The predicted molar refractivity (Wildman–Crippen MR) is 115 cm³/mol. The van der Waals surface area contributed by atoms with Crippen LogP contribution in [0.1, 0.15) is 17.7 Å². The number of hydrogen-bond donors (Lipinski definition) is 2. The maximum Gasteiger partial charge on any atom is 0.319 e. The second-order valence-electron chi connectivity index (χ2n) is 7.14. The molecule has 2 aromatic heterocycles. The normalized spacial score (nSPS) is 17.8. The number of carbonyl (C=O) groups is 1. The Balaban J connectivity index is 1.29. The van der Waals surface area contributed by atoms with Crippen LogP contribution in [-0.4, -0.2) is 63.1 Å². The fourth-order valence-electron chi connectivity index (χ4n) is 3.44. The van der Waals surface area contributed by atoms with Crippen molar-refractivity contribution in [1.29, 1.82) is 0 Å². The van der Waals surface area contributed by atoms with Crippen molar-refractivity contribution in [2.45, 2.75) is 23.6 Å². The number of thiophene rings is 1. The number of anilines is 2. The molecule has 2 N–H and O–H groups in total. The van der Waals surface area contributed by atoms with Gasteiger partial charge in [0.05, 0.1) is 31.6 Å². The number of pyridine rings is 1. The van der Waals surface area contributed by atoms with Gasteiger partial charge in [0, 0.05) is 31.1 Å². The fourth-order valence-corrected chi connectivity index (χ4v) is 6.30. The van der Waals surface area contributed by atoms with Gasteiger partial charge in [0.25, 0.3) is 10.0 Å². The van der Waals surface area contributed by atoms with E-state index in [9.17, 15) is 13.2 Å². The van der Waals surface area contributed by atoms with E-state index in [1.165, 1.54) is 28.5 Å². The first-order chi connectivity index (χ1) is 14.5. The van der Waals surface area contributed by atoms with Crippen molar-refractivity contribution in [2.75, 3.05) is 49.6 Å². The number of carbonyl (C=O) groups excluding carboxylic acids is 1. The van der Waals surface area contributed by atoms with Crippen molar-refractivity contribution in [2.24, 2.45) is 0 Å². The molecule has 0 saturated carbocycles. The summed E-state index contributed by atoms with van der Waals surface area (Å²) in [5.74, 6) is 0.922. The van der Waals surface area contributed by atoms with Crippen molar-refractivity contribution in [3.05, 3.63) is 35.3 Å². The first kappa shape index (κ1) is 21.0. The zero-order chi connectivity index (χ0) is 21.0. The molecule has 11 heteroatoms. The number of amides is 2. The zero-order valence-corrected chi connectivity index (χ0v) is 18.2. The monoisotopic (exact) mass is 451 g/mol. The van der Waals surface area contributed by atoms with Gasteiger partial charge in [-0.2, -0.15) is 4.31 Å². The van der Waals surface area contributed by atoms with Gasteiger partial charge in [-0.25, -0.2) is 18.2 Å². The van der Waals surface area contributed by atoms with E-state index in [1.807, 2.05) is 12.1 Å². The van der Waals surface area contributed by atoms with E-state index >= 15 is 0 Å². The highest BCUT2D eigenvalue weighted by atomic mass is 32.2. The summed E-state index contributed by atoms with van der Waals surface area (Å²) in [5, 5.41) is 5.51. The molecule has 2 aliphatic heterocycles. The van der Waals surface area contributed by atoms with Gasteiger partial charge >= 0.3 is 6.03 Å². The van der Waals surface area contributed by atoms with Crippen molar-refractivity contribution < 1.29 is 17.9 Å². The summed E-state index contributed by atoms with van der Waals surface area (Å²) in [4.78, 5) is 19.6. The summed E-state index contributed by atoms with van der Waals surface area (Å²) in [6, 6.07) is 6.69. The van der Waals surface area contributed by atoms with Crippen LogP contribution < -0.4 is 15.5 Å². The predicted octanol–water partition coefficient (Wildman–Crippen LogP) is 2.09. The Morgan fingerprint density at radius 3 is 2.57 bits per heavy atom. The van der Waals surface area contributed by atoms with Gasteiger partial charge in [-0.1, -0.05) is 0 Å². The third kappa shape index (κ3) is 4.91. The van der Waals surface area contributed by atoms with Gasteiger partial charge in [-0.05, 0) is 37.1 Å². The molecule has 0 spiro atoms. The van der Waals surface area contributed by atoms with E-state index in [2.05, 4.69) is 20.5 Å². The minimum absolute atomic E-state index is 0.244. The second kappa shape index (κ2) is 9.29. The topological polar surface area (TPSA) is 104 Å². The highest BCUT2D eigenvalue weighted by Crippen LogP contribution is 2.25. The minimum Gasteiger partial charge on any atom is -0.379 e. The molecule has 0 aliphatic carbocycles. The molecule has 162 valence electrons. The molecule has 0 radical (unpaired) electrons. The quantitative estimate of drug-likeness (QED) is 0.697. The number of ether oxygens (including phenoxy) is 1. The summed E-state index contributed by atoms with van der Waals surface area (Å²) < 4.78 is 32.3. The first-order valence-corrected chi connectivity index (χ1v) is 12.2. The molecule has 0 bridgehead atoms. The van der Waals surface area contributed by atoms with E-state index in [1.54, 1.807) is 18.3 Å². The van der Waals surface area contributed by atoms with Gasteiger partial charge in [0.15, 0.2) is 0 Å². The Bertz CT molecular complexity index is 965. The van der Waals surface area contributed by atoms with Crippen LogP contribution in [0.25, 0.3) is 0 Å². The second-order valence-corrected chi connectivity index (χ2v) is 10.5. The molecule has 2 saturated heterocycles. The summed E-state index contributed by atoms with van der Waals surface area (Å²) in [7, 11) is -3.51. The van der Waals surface area contributed by atoms with Crippen LogP contribution in [0.4, 0.5) is 16.3 Å².